The molecular formula is C23H27F3N2O2S. The molecule has 1 fully saturated rings. The second-order valence-electron chi connectivity index (χ2n) is 8.74. The fraction of sp³-hybridized carbons (Fsp3) is 0.478. The molecule has 2 aromatic carbocycles. The van der Waals surface area contributed by atoms with Gasteiger partial charge in [-0.3, -0.25) is 0 Å². The molecule has 0 unspecified atom stereocenters. The summed E-state index contributed by atoms with van der Waals surface area (Å²) in [5, 5.41) is 3.51. The van der Waals surface area contributed by atoms with Crippen LogP contribution in [-0.4, -0.2) is 21.2 Å². The first-order chi connectivity index (χ1) is 14.6. The quantitative estimate of drug-likeness (QED) is 0.661. The van der Waals surface area contributed by atoms with Gasteiger partial charge in [0.25, 0.3) is 0 Å². The van der Waals surface area contributed by atoms with E-state index in [1.165, 1.54) is 6.07 Å². The zero-order valence-electron chi connectivity index (χ0n) is 17.3. The van der Waals surface area contributed by atoms with Crippen molar-refractivity contribution in [3.63, 3.8) is 0 Å². The number of halogens is 3. The molecule has 2 N–H and O–H groups in total. The summed E-state index contributed by atoms with van der Waals surface area (Å²) in [6, 6.07) is 14.0. The molecule has 0 radical (unpaired) electrons. The Labute approximate surface area is 181 Å². The van der Waals surface area contributed by atoms with Crippen LogP contribution in [0.3, 0.4) is 0 Å². The predicted octanol–water partition coefficient (Wildman–Crippen LogP) is 5.31. The molecule has 8 heteroatoms. The Morgan fingerprint density at radius 1 is 1.03 bits per heavy atom. The summed E-state index contributed by atoms with van der Waals surface area (Å²) in [7, 11) is -3.27. The molecule has 1 aliphatic carbocycles. The van der Waals surface area contributed by atoms with E-state index < -0.39 is 21.8 Å². The first-order valence-electron chi connectivity index (χ1n) is 10.6. The maximum absolute atomic E-state index is 13.4. The van der Waals surface area contributed by atoms with Crippen molar-refractivity contribution in [1.29, 1.82) is 0 Å². The van der Waals surface area contributed by atoms with E-state index in [1.807, 2.05) is 18.2 Å². The van der Waals surface area contributed by atoms with Gasteiger partial charge in [-0.2, -0.15) is 13.2 Å². The van der Waals surface area contributed by atoms with Crippen molar-refractivity contribution < 1.29 is 21.6 Å². The van der Waals surface area contributed by atoms with Crippen molar-refractivity contribution in [2.75, 3.05) is 18.1 Å². The topological polar surface area (TPSA) is 58.2 Å². The van der Waals surface area contributed by atoms with Crippen molar-refractivity contribution in [3.05, 3.63) is 65.2 Å². The SMILES string of the molecule is CS(=O)(=O)NC[C@H]1CC[C@@H]2[C@H](CC1)c1cc(C(F)(F)F)ccc1N[C@H]2c1ccccc1. The van der Waals surface area contributed by atoms with E-state index in [-0.39, 0.29) is 23.8 Å². The molecule has 0 spiro atoms. The highest BCUT2D eigenvalue weighted by Crippen LogP contribution is 2.52. The van der Waals surface area contributed by atoms with Crippen LogP contribution >= 0.6 is 0 Å². The molecule has 1 aliphatic heterocycles. The number of benzene rings is 2. The number of hydrogen-bond donors (Lipinski definition) is 2. The Bertz CT molecular complexity index is 1020. The molecule has 2 aromatic rings. The average Bonchev–Trinajstić information content (AvgIpc) is 2.94. The average molecular weight is 453 g/mol. The van der Waals surface area contributed by atoms with E-state index in [0.29, 0.717) is 6.54 Å². The minimum absolute atomic E-state index is 0.00742. The van der Waals surface area contributed by atoms with Crippen molar-refractivity contribution in [2.45, 2.75) is 43.8 Å². The smallest absolute Gasteiger partial charge is 0.378 e. The second kappa shape index (κ2) is 8.47. The number of nitrogens with one attached hydrogen (secondary N) is 2. The van der Waals surface area contributed by atoms with Gasteiger partial charge in [-0.15, -0.1) is 0 Å². The van der Waals surface area contributed by atoms with E-state index in [9.17, 15) is 21.6 Å². The van der Waals surface area contributed by atoms with E-state index in [0.717, 1.165) is 54.8 Å². The standard InChI is InChI=1S/C23H27F3N2O2S/c1-31(29,30)27-14-15-7-10-18-19(11-8-15)22(16-5-3-2-4-6-16)28-21-12-9-17(13-20(18)21)23(24,25)26/h2-6,9,12-13,15,18-19,22,27-28H,7-8,10-11,14H2,1H3/t15-,18+,19-,22+/m1/s1. The van der Waals surface area contributed by atoms with Crippen LogP contribution in [0.25, 0.3) is 0 Å². The Morgan fingerprint density at radius 3 is 2.42 bits per heavy atom. The number of fused-ring (bicyclic) bond motifs is 3. The second-order valence-corrected chi connectivity index (χ2v) is 10.6. The van der Waals surface area contributed by atoms with Crippen LogP contribution in [0.4, 0.5) is 18.9 Å². The first-order valence-corrected chi connectivity index (χ1v) is 12.5. The molecule has 0 aromatic heterocycles. The monoisotopic (exact) mass is 452 g/mol. The van der Waals surface area contributed by atoms with Gasteiger partial charge >= 0.3 is 6.18 Å². The van der Waals surface area contributed by atoms with Gasteiger partial charge in [0.1, 0.15) is 0 Å². The maximum Gasteiger partial charge on any atom is 0.416 e. The van der Waals surface area contributed by atoms with Crippen LogP contribution in [0.15, 0.2) is 48.5 Å². The summed E-state index contributed by atoms with van der Waals surface area (Å²) >= 11 is 0. The summed E-state index contributed by atoms with van der Waals surface area (Å²) in [5.74, 6) is 0.305. The van der Waals surface area contributed by atoms with Crippen molar-refractivity contribution >= 4 is 15.7 Å². The van der Waals surface area contributed by atoms with Crippen LogP contribution in [0, 0.1) is 11.8 Å². The minimum atomic E-state index is -4.38. The van der Waals surface area contributed by atoms with Gasteiger partial charge in [0, 0.05) is 12.2 Å². The number of hydrogen-bond acceptors (Lipinski definition) is 3. The van der Waals surface area contributed by atoms with Gasteiger partial charge in [-0.05, 0) is 72.8 Å². The van der Waals surface area contributed by atoms with Gasteiger partial charge in [0.05, 0.1) is 17.9 Å². The van der Waals surface area contributed by atoms with Crippen LogP contribution in [0.5, 0.6) is 0 Å². The summed E-state index contributed by atoms with van der Waals surface area (Å²) in [6.45, 7) is 0.372. The molecule has 2 aliphatic rings. The number of rotatable bonds is 4. The van der Waals surface area contributed by atoms with E-state index >= 15 is 0 Å². The summed E-state index contributed by atoms with van der Waals surface area (Å²) < 4.78 is 65.8. The number of anilines is 1. The lowest BCUT2D eigenvalue weighted by Gasteiger charge is -2.41. The molecule has 0 bridgehead atoms. The van der Waals surface area contributed by atoms with Crippen molar-refractivity contribution in [1.82, 2.24) is 4.72 Å². The van der Waals surface area contributed by atoms with Crippen LogP contribution in [0.2, 0.25) is 0 Å². The van der Waals surface area contributed by atoms with Gasteiger partial charge in [-0.25, -0.2) is 13.1 Å². The van der Waals surface area contributed by atoms with Crippen LogP contribution in [0.1, 0.15) is 54.3 Å². The zero-order valence-corrected chi connectivity index (χ0v) is 18.1. The van der Waals surface area contributed by atoms with Crippen LogP contribution < -0.4 is 10.0 Å². The highest BCUT2D eigenvalue weighted by atomic mass is 32.2. The zero-order chi connectivity index (χ0) is 22.2. The Kier molecular flexibility index (Phi) is 6.05. The molecule has 0 amide bonds. The largest absolute Gasteiger partial charge is 0.416 e. The van der Waals surface area contributed by atoms with Crippen molar-refractivity contribution in [3.8, 4) is 0 Å². The minimum Gasteiger partial charge on any atom is -0.378 e. The molecular weight excluding hydrogens is 425 g/mol. The third kappa shape index (κ3) is 5.06. The Balaban J connectivity index is 1.68. The maximum atomic E-state index is 13.4. The van der Waals surface area contributed by atoms with Gasteiger partial charge in [-0.1, -0.05) is 30.3 Å². The lowest BCUT2D eigenvalue weighted by Crippen LogP contribution is -2.31. The van der Waals surface area contributed by atoms with E-state index in [1.54, 1.807) is 6.07 Å². The molecule has 0 saturated heterocycles. The number of alkyl halides is 3. The normalized spacial score (nSPS) is 26.3. The first kappa shape index (κ1) is 22.1. The third-order valence-corrected chi connectivity index (χ3v) is 7.31. The molecule has 4 nitrogen and oxygen atoms in total. The molecule has 4 rings (SSSR count). The third-order valence-electron chi connectivity index (χ3n) is 6.62. The molecule has 31 heavy (non-hydrogen) atoms. The van der Waals surface area contributed by atoms with Gasteiger partial charge in [0.15, 0.2) is 0 Å². The molecule has 1 heterocycles. The lowest BCUT2D eigenvalue weighted by molar-refractivity contribution is -0.137. The fourth-order valence-electron chi connectivity index (χ4n) is 5.10. The Morgan fingerprint density at radius 2 is 1.74 bits per heavy atom. The van der Waals surface area contributed by atoms with E-state index in [4.69, 9.17) is 0 Å². The van der Waals surface area contributed by atoms with E-state index in [2.05, 4.69) is 22.2 Å². The van der Waals surface area contributed by atoms with Gasteiger partial charge < -0.3 is 5.32 Å². The summed E-state index contributed by atoms with van der Waals surface area (Å²) in [4.78, 5) is 0. The van der Waals surface area contributed by atoms with Crippen molar-refractivity contribution in [2.24, 2.45) is 11.8 Å². The Hall–Kier alpha value is -2.06. The molecule has 1 saturated carbocycles. The van der Waals surface area contributed by atoms with Gasteiger partial charge in [0.2, 0.25) is 10.0 Å². The number of sulfonamides is 1. The highest BCUT2D eigenvalue weighted by Gasteiger charge is 2.41. The highest BCUT2D eigenvalue weighted by molar-refractivity contribution is 7.88. The summed E-state index contributed by atoms with van der Waals surface area (Å²) in [5.41, 5.74) is 1.99. The lowest BCUT2D eigenvalue weighted by atomic mass is 9.72. The molecule has 4 atom stereocenters. The predicted molar refractivity (Wildman–Crippen MR) is 115 cm³/mol. The molecule has 168 valence electrons. The fourth-order valence-corrected chi connectivity index (χ4v) is 5.64. The van der Waals surface area contributed by atoms with Crippen LogP contribution in [-0.2, 0) is 16.2 Å². The summed E-state index contributed by atoms with van der Waals surface area (Å²) in [6.07, 6.45) is -0.0613.